The van der Waals surface area contributed by atoms with Gasteiger partial charge in [0.1, 0.15) is 13.2 Å². The van der Waals surface area contributed by atoms with Crippen molar-refractivity contribution in [1.82, 2.24) is 5.32 Å². The predicted molar refractivity (Wildman–Crippen MR) is 295 cm³/mol. The van der Waals surface area contributed by atoms with E-state index in [2.05, 4.69) is 55.6 Å². The molecule has 0 fully saturated rings. The third-order valence-electron chi connectivity index (χ3n) is 13.4. The molecule has 0 saturated heterocycles. The summed E-state index contributed by atoms with van der Waals surface area (Å²) in [6.45, 7) is 4.90. The summed E-state index contributed by atoms with van der Waals surface area (Å²) in [5.74, 6) is -0.141. The summed E-state index contributed by atoms with van der Waals surface area (Å²) in [5, 5.41) is 14.0. The lowest BCUT2D eigenvalue weighted by atomic mass is 10.0. The van der Waals surface area contributed by atoms with Crippen molar-refractivity contribution in [3.05, 3.63) is 36.5 Å². The zero-order chi connectivity index (χ0) is 49.9. The molecule has 0 spiro atoms. The molecule has 0 aromatic rings. The second-order valence-corrected chi connectivity index (χ2v) is 22.8. The van der Waals surface area contributed by atoms with Crippen LogP contribution in [0.3, 0.4) is 0 Å². The second kappa shape index (κ2) is 50.7. The van der Waals surface area contributed by atoms with E-state index in [1.165, 1.54) is 205 Å². The molecule has 68 heavy (non-hydrogen) atoms. The number of allylic oxidation sites excluding steroid dienone is 6. The number of hydrogen-bond acceptors (Lipinski definition) is 5. The highest BCUT2D eigenvalue weighted by Crippen LogP contribution is 2.43. The lowest BCUT2D eigenvalue weighted by Gasteiger charge is -2.26. The lowest BCUT2D eigenvalue weighted by molar-refractivity contribution is -0.870. The molecule has 0 saturated carbocycles. The predicted octanol–water partition coefficient (Wildman–Crippen LogP) is 17.8. The van der Waals surface area contributed by atoms with Gasteiger partial charge in [-0.05, 0) is 51.4 Å². The smallest absolute Gasteiger partial charge is 0.391 e. The van der Waals surface area contributed by atoms with Crippen LogP contribution in [0.15, 0.2) is 36.5 Å². The number of phosphoric acid groups is 1. The standard InChI is InChI=1S/C59H115N2O6P/c1-6-8-10-12-14-16-18-20-21-22-23-24-25-26-27-28-29-30-31-32-33-34-35-36-37-38-39-41-43-45-47-49-51-53-59(63)60-57(56-67-68(64,65)66-55-54-61(3,4)5)58(62)52-50-48-46-44-42-40-19-17-15-13-11-9-7-2/h18,20,22-23,25-26,57-58,62H,6-17,19,21,24,27-56H2,1-5H3,(H-,60,63,64,65)/p+1/b20-18-,23-22-,26-25-. The highest BCUT2D eigenvalue weighted by Gasteiger charge is 2.28. The van der Waals surface area contributed by atoms with Crippen LogP contribution in [0.1, 0.15) is 284 Å². The number of rotatable bonds is 54. The van der Waals surface area contributed by atoms with Crippen molar-refractivity contribution < 1.29 is 32.9 Å². The van der Waals surface area contributed by atoms with E-state index < -0.39 is 20.0 Å². The molecule has 3 unspecified atom stereocenters. The number of quaternary nitrogens is 1. The Morgan fingerprint density at radius 2 is 0.838 bits per heavy atom. The Morgan fingerprint density at radius 3 is 1.22 bits per heavy atom. The van der Waals surface area contributed by atoms with Crippen molar-refractivity contribution >= 4 is 13.7 Å². The highest BCUT2D eigenvalue weighted by molar-refractivity contribution is 7.47. The topological polar surface area (TPSA) is 105 Å². The van der Waals surface area contributed by atoms with Crippen LogP contribution in [-0.2, 0) is 18.4 Å². The van der Waals surface area contributed by atoms with Crippen molar-refractivity contribution in [2.45, 2.75) is 296 Å². The summed E-state index contributed by atoms with van der Waals surface area (Å²) in [4.78, 5) is 23.3. The minimum Gasteiger partial charge on any atom is -0.391 e. The molecule has 0 aliphatic rings. The van der Waals surface area contributed by atoms with Gasteiger partial charge >= 0.3 is 7.82 Å². The zero-order valence-corrected chi connectivity index (χ0v) is 46.8. The van der Waals surface area contributed by atoms with Gasteiger partial charge in [0, 0.05) is 6.42 Å². The number of nitrogens with zero attached hydrogens (tertiary/aromatic N) is 1. The fourth-order valence-electron chi connectivity index (χ4n) is 8.76. The quantitative estimate of drug-likeness (QED) is 0.0243. The number of aliphatic hydroxyl groups is 1. The van der Waals surface area contributed by atoms with Crippen LogP contribution in [0.4, 0.5) is 0 Å². The van der Waals surface area contributed by atoms with E-state index in [1.807, 2.05) is 21.1 Å². The molecule has 402 valence electrons. The molecule has 3 N–H and O–H groups in total. The summed E-state index contributed by atoms with van der Waals surface area (Å²) in [7, 11) is 1.62. The Bertz CT molecular complexity index is 1200. The number of aliphatic hydroxyl groups excluding tert-OH is 1. The maximum absolute atomic E-state index is 13.0. The molecule has 0 heterocycles. The van der Waals surface area contributed by atoms with Gasteiger partial charge < -0.3 is 19.8 Å². The van der Waals surface area contributed by atoms with Crippen LogP contribution in [0, 0.1) is 0 Å². The van der Waals surface area contributed by atoms with E-state index >= 15 is 0 Å². The van der Waals surface area contributed by atoms with Crippen LogP contribution in [0.5, 0.6) is 0 Å². The summed E-state index contributed by atoms with van der Waals surface area (Å²) in [6.07, 6.45) is 65.0. The van der Waals surface area contributed by atoms with Crippen molar-refractivity contribution in [2.75, 3.05) is 40.9 Å². The molecule has 0 bridgehead atoms. The van der Waals surface area contributed by atoms with Gasteiger partial charge in [0.2, 0.25) is 5.91 Å². The third kappa shape index (κ3) is 52.5. The van der Waals surface area contributed by atoms with E-state index in [0.29, 0.717) is 23.9 Å². The molecule has 3 atom stereocenters. The number of unbranched alkanes of at least 4 members (excludes halogenated alkanes) is 35. The highest BCUT2D eigenvalue weighted by atomic mass is 31.2. The molecule has 1 amide bonds. The first-order valence-corrected chi connectivity index (χ1v) is 30.8. The van der Waals surface area contributed by atoms with Crippen LogP contribution < -0.4 is 5.32 Å². The normalized spacial score (nSPS) is 14.2. The van der Waals surface area contributed by atoms with Crippen LogP contribution >= 0.6 is 7.82 Å². The van der Waals surface area contributed by atoms with E-state index in [9.17, 15) is 19.4 Å². The first kappa shape index (κ1) is 66.7. The molecule has 0 aromatic heterocycles. The maximum Gasteiger partial charge on any atom is 0.472 e. The number of carbonyl (C=O) groups excluding carboxylic acids is 1. The average molecular weight is 981 g/mol. The first-order valence-electron chi connectivity index (χ1n) is 29.4. The van der Waals surface area contributed by atoms with Crippen molar-refractivity contribution in [3.63, 3.8) is 0 Å². The van der Waals surface area contributed by atoms with E-state index in [1.54, 1.807) is 0 Å². The minimum absolute atomic E-state index is 0.0760. The van der Waals surface area contributed by atoms with Crippen molar-refractivity contribution in [1.29, 1.82) is 0 Å². The number of nitrogens with one attached hydrogen (secondary N) is 1. The first-order chi connectivity index (χ1) is 33.0. The van der Waals surface area contributed by atoms with Gasteiger partial charge in [-0.25, -0.2) is 4.57 Å². The van der Waals surface area contributed by atoms with Gasteiger partial charge in [-0.1, -0.05) is 262 Å². The summed E-state index contributed by atoms with van der Waals surface area (Å²) < 4.78 is 23.7. The molecule has 0 radical (unpaired) electrons. The van der Waals surface area contributed by atoms with Crippen LogP contribution in [0.2, 0.25) is 0 Å². The van der Waals surface area contributed by atoms with Gasteiger partial charge in [-0.2, -0.15) is 0 Å². The number of likely N-dealkylation sites (N-methyl/N-ethyl adjacent to an activating group) is 1. The number of hydrogen-bond donors (Lipinski definition) is 3. The van der Waals surface area contributed by atoms with Crippen LogP contribution in [-0.4, -0.2) is 73.4 Å². The van der Waals surface area contributed by atoms with Gasteiger partial charge in [-0.15, -0.1) is 0 Å². The molecule has 0 aliphatic heterocycles. The Labute approximate surface area is 423 Å². The fourth-order valence-corrected chi connectivity index (χ4v) is 9.50. The second-order valence-electron chi connectivity index (χ2n) is 21.4. The van der Waals surface area contributed by atoms with Crippen molar-refractivity contribution in [3.8, 4) is 0 Å². The summed E-state index contributed by atoms with van der Waals surface area (Å²) in [5.41, 5.74) is 0. The van der Waals surface area contributed by atoms with E-state index in [-0.39, 0.29) is 19.1 Å². The van der Waals surface area contributed by atoms with Crippen molar-refractivity contribution in [2.24, 2.45) is 0 Å². The molecule has 9 heteroatoms. The fraction of sp³-hybridized carbons (Fsp3) is 0.881. The Kier molecular flexibility index (Phi) is 49.7. The maximum atomic E-state index is 13.0. The van der Waals surface area contributed by atoms with Crippen LogP contribution in [0.25, 0.3) is 0 Å². The van der Waals surface area contributed by atoms with Gasteiger partial charge in [0.25, 0.3) is 0 Å². The molecular weight excluding hydrogens is 864 g/mol. The number of phosphoric ester groups is 1. The molecule has 0 aromatic carbocycles. The largest absolute Gasteiger partial charge is 0.472 e. The van der Waals surface area contributed by atoms with Gasteiger partial charge in [0.15, 0.2) is 0 Å². The minimum atomic E-state index is -4.32. The Morgan fingerprint density at radius 1 is 0.500 bits per heavy atom. The molecule has 0 aliphatic carbocycles. The van der Waals surface area contributed by atoms with Gasteiger partial charge in [-0.3, -0.25) is 13.8 Å². The molecular formula is C59H116N2O6P+. The lowest BCUT2D eigenvalue weighted by Crippen LogP contribution is -2.46. The summed E-state index contributed by atoms with van der Waals surface area (Å²) >= 11 is 0. The van der Waals surface area contributed by atoms with Gasteiger partial charge in [0.05, 0.1) is 39.9 Å². The number of amides is 1. The zero-order valence-electron chi connectivity index (χ0n) is 45.9. The molecule has 8 nitrogen and oxygen atoms in total. The average Bonchev–Trinajstić information content (AvgIpc) is 3.30. The third-order valence-corrected chi connectivity index (χ3v) is 14.4. The Balaban J connectivity index is 3.98. The SMILES string of the molecule is CCCCCCC/C=C\C/C=C\C/C=C\CCCCCCCCCCCCCCCCCCCCC(=O)NC(COP(=O)(O)OCC[N+](C)(C)C)C(O)CCCCCCCCCCCCCCC. The summed E-state index contributed by atoms with van der Waals surface area (Å²) in [6, 6.07) is -0.758. The van der Waals surface area contributed by atoms with E-state index in [0.717, 1.165) is 51.4 Å². The monoisotopic (exact) mass is 980 g/mol. The Hall–Kier alpha value is -1.28. The van der Waals surface area contributed by atoms with E-state index in [4.69, 9.17) is 9.05 Å². The number of carbonyl (C=O) groups is 1. The molecule has 0 rings (SSSR count).